The van der Waals surface area contributed by atoms with Crippen molar-refractivity contribution in [3.63, 3.8) is 0 Å². The summed E-state index contributed by atoms with van der Waals surface area (Å²) in [5.74, 6) is 0. The Labute approximate surface area is 112 Å². The normalized spacial score (nSPS) is 11.0. The van der Waals surface area contributed by atoms with E-state index in [1.54, 1.807) is 11.3 Å². The third-order valence-electron chi connectivity index (χ3n) is 2.77. The van der Waals surface area contributed by atoms with Gasteiger partial charge < -0.3 is 5.73 Å². The predicted octanol–water partition coefficient (Wildman–Crippen LogP) is 2.49. The summed E-state index contributed by atoms with van der Waals surface area (Å²) in [6.45, 7) is 3.63. The van der Waals surface area contributed by atoms with Crippen molar-refractivity contribution in [2.75, 3.05) is 13.1 Å². The maximum absolute atomic E-state index is 5.60. The highest BCUT2D eigenvalue weighted by atomic mass is 32.1. The second-order valence-electron chi connectivity index (χ2n) is 4.26. The minimum atomic E-state index is 0.739. The molecule has 0 radical (unpaired) electrons. The van der Waals surface area contributed by atoms with Crippen LogP contribution in [-0.2, 0) is 13.1 Å². The van der Waals surface area contributed by atoms with Gasteiger partial charge in [0.1, 0.15) is 5.01 Å². The molecule has 0 spiro atoms. The molecular formula is C14H19N3S. The van der Waals surface area contributed by atoms with E-state index in [4.69, 9.17) is 5.73 Å². The van der Waals surface area contributed by atoms with E-state index < -0.39 is 0 Å². The molecule has 0 aliphatic carbocycles. The van der Waals surface area contributed by atoms with Gasteiger partial charge >= 0.3 is 0 Å². The zero-order chi connectivity index (χ0) is 12.6. The molecule has 0 aliphatic rings. The van der Waals surface area contributed by atoms with Crippen molar-refractivity contribution in [2.24, 2.45) is 5.73 Å². The third kappa shape index (κ3) is 4.22. The van der Waals surface area contributed by atoms with Gasteiger partial charge in [-0.15, -0.1) is 11.3 Å². The molecule has 1 aromatic heterocycles. The monoisotopic (exact) mass is 261 g/mol. The highest BCUT2D eigenvalue weighted by Gasteiger charge is 2.08. The van der Waals surface area contributed by atoms with Crippen LogP contribution in [0.2, 0.25) is 0 Å². The summed E-state index contributed by atoms with van der Waals surface area (Å²) < 4.78 is 0. The van der Waals surface area contributed by atoms with Gasteiger partial charge in [0, 0.05) is 24.7 Å². The van der Waals surface area contributed by atoms with Crippen LogP contribution in [0.1, 0.15) is 17.0 Å². The molecule has 1 aromatic carbocycles. The number of nitrogens with zero attached hydrogens (tertiary/aromatic N) is 2. The van der Waals surface area contributed by atoms with Gasteiger partial charge in [0.25, 0.3) is 0 Å². The van der Waals surface area contributed by atoms with E-state index in [1.807, 2.05) is 11.6 Å². The van der Waals surface area contributed by atoms with Gasteiger partial charge in [0.15, 0.2) is 0 Å². The van der Waals surface area contributed by atoms with E-state index >= 15 is 0 Å². The number of aromatic nitrogens is 1. The van der Waals surface area contributed by atoms with Gasteiger partial charge in [0.05, 0.1) is 6.54 Å². The van der Waals surface area contributed by atoms with Crippen LogP contribution in [0.15, 0.2) is 41.9 Å². The fraction of sp³-hybridized carbons (Fsp3) is 0.357. The Hall–Kier alpha value is -1.23. The highest BCUT2D eigenvalue weighted by Crippen LogP contribution is 2.12. The quantitative estimate of drug-likeness (QED) is 0.832. The van der Waals surface area contributed by atoms with Crippen molar-refractivity contribution in [3.05, 3.63) is 52.5 Å². The zero-order valence-corrected chi connectivity index (χ0v) is 11.3. The lowest BCUT2D eigenvalue weighted by Gasteiger charge is -2.21. The minimum Gasteiger partial charge on any atom is -0.330 e. The van der Waals surface area contributed by atoms with Crippen LogP contribution in [0, 0.1) is 0 Å². The Bertz CT molecular complexity index is 428. The summed E-state index contributed by atoms with van der Waals surface area (Å²) in [6.07, 6.45) is 2.89. The molecule has 0 saturated carbocycles. The molecule has 3 nitrogen and oxygen atoms in total. The molecule has 0 bridgehead atoms. The molecule has 18 heavy (non-hydrogen) atoms. The molecule has 0 atom stereocenters. The standard InChI is InChI=1S/C14H19N3S/c15-7-4-9-17(12-14-16-8-10-18-14)11-13-5-2-1-3-6-13/h1-3,5-6,8,10H,4,7,9,11-12,15H2. The summed E-state index contributed by atoms with van der Waals surface area (Å²) in [4.78, 5) is 6.76. The first kappa shape index (κ1) is 13.2. The fourth-order valence-electron chi connectivity index (χ4n) is 1.89. The van der Waals surface area contributed by atoms with Crippen LogP contribution in [0.4, 0.5) is 0 Å². The Morgan fingerprint density at radius 3 is 2.67 bits per heavy atom. The Morgan fingerprint density at radius 1 is 1.17 bits per heavy atom. The number of thiazole rings is 1. The summed E-state index contributed by atoms with van der Waals surface area (Å²) in [7, 11) is 0. The zero-order valence-electron chi connectivity index (χ0n) is 10.5. The largest absolute Gasteiger partial charge is 0.330 e. The van der Waals surface area contributed by atoms with E-state index in [9.17, 15) is 0 Å². The highest BCUT2D eigenvalue weighted by molar-refractivity contribution is 7.09. The van der Waals surface area contributed by atoms with Gasteiger partial charge in [-0.1, -0.05) is 30.3 Å². The maximum atomic E-state index is 5.60. The Balaban J connectivity index is 1.96. The number of benzene rings is 1. The first-order valence-electron chi connectivity index (χ1n) is 6.23. The third-order valence-corrected chi connectivity index (χ3v) is 3.53. The SMILES string of the molecule is NCCCN(Cc1ccccc1)Cc1nccs1. The molecule has 2 aromatic rings. The summed E-state index contributed by atoms with van der Waals surface area (Å²) in [6, 6.07) is 10.5. The van der Waals surface area contributed by atoms with Crippen LogP contribution < -0.4 is 5.73 Å². The van der Waals surface area contributed by atoms with E-state index in [0.717, 1.165) is 32.6 Å². The van der Waals surface area contributed by atoms with Gasteiger partial charge in [0.2, 0.25) is 0 Å². The summed E-state index contributed by atoms with van der Waals surface area (Å²) in [5, 5.41) is 3.20. The van der Waals surface area contributed by atoms with Crippen LogP contribution in [-0.4, -0.2) is 23.0 Å². The average molecular weight is 261 g/mol. The fourth-order valence-corrected chi connectivity index (χ4v) is 2.55. The molecule has 0 unspecified atom stereocenters. The van der Waals surface area contributed by atoms with E-state index in [1.165, 1.54) is 10.6 Å². The van der Waals surface area contributed by atoms with Crippen molar-refractivity contribution < 1.29 is 0 Å². The van der Waals surface area contributed by atoms with Crippen molar-refractivity contribution in [2.45, 2.75) is 19.5 Å². The van der Waals surface area contributed by atoms with E-state index in [-0.39, 0.29) is 0 Å². The van der Waals surface area contributed by atoms with Crippen molar-refractivity contribution >= 4 is 11.3 Å². The first-order chi connectivity index (χ1) is 8.88. The van der Waals surface area contributed by atoms with Crippen LogP contribution >= 0.6 is 11.3 Å². The van der Waals surface area contributed by atoms with Crippen LogP contribution in [0.25, 0.3) is 0 Å². The molecule has 0 fully saturated rings. The molecule has 0 amide bonds. The molecule has 0 aliphatic heterocycles. The number of hydrogen-bond acceptors (Lipinski definition) is 4. The van der Waals surface area contributed by atoms with E-state index in [0.29, 0.717) is 0 Å². The smallest absolute Gasteiger partial charge is 0.107 e. The van der Waals surface area contributed by atoms with Crippen molar-refractivity contribution in [1.29, 1.82) is 0 Å². The minimum absolute atomic E-state index is 0.739. The lowest BCUT2D eigenvalue weighted by atomic mass is 10.2. The summed E-state index contributed by atoms with van der Waals surface area (Å²) in [5.41, 5.74) is 6.94. The lowest BCUT2D eigenvalue weighted by molar-refractivity contribution is 0.254. The number of rotatable bonds is 7. The number of nitrogens with two attached hydrogens (primary N) is 1. The topological polar surface area (TPSA) is 42.1 Å². The predicted molar refractivity (Wildman–Crippen MR) is 76.3 cm³/mol. The maximum Gasteiger partial charge on any atom is 0.107 e. The first-order valence-corrected chi connectivity index (χ1v) is 7.11. The molecule has 2 rings (SSSR count). The lowest BCUT2D eigenvalue weighted by Crippen LogP contribution is -2.25. The molecule has 0 saturated heterocycles. The van der Waals surface area contributed by atoms with Gasteiger partial charge in [-0.2, -0.15) is 0 Å². The van der Waals surface area contributed by atoms with Gasteiger partial charge in [-0.05, 0) is 18.5 Å². The molecular weight excluding hydrogens is 242 g/mol. The van der Waals surface area contributed by atoms with Crippen LogP contribution in [0.5, 0.6) is 0 Å². The Morgan fingerprint density at radius 2 is 2.00 bits per heavy atom. The second-order valence-corrected chi connectivity index (χ2v) is 5.24. The second kappa shape index (κ2) is 7.26. The number of hydrogen-bond donors (Lipinski definition) is 1. The summed E-state index contributed by atoms with van der Waals surface area (Å²) >= 11 is 1.71. The van der Waals surface area contributed by atoms with Crippen LogP contribution in [0.3, 0.4) is 0 Å². The molecule has 1 heterocycles. The molecule has 2 N–H and O–H groups in total. The van der Waals surface area contributed by atoms with Gasteiger partial charge in [-0.3, -0.25) is 4.90 Å². The average Bonchev–Trinajstić information content (AvgIpc) is 2.90. The molecule has 96 valence electrons. The van der Waals surface area contributed by atoms with Crippen molar-refractivity contribution in [1.82, 2.24) is 9.88 Å². The van der Waals surface area contributed by atoms with Gasteiger partial charge in [-0.25, -0.2) is 4.98 Å². The van der Waals surface area contributed by atoms with Crippen molar-refractivity contribution in [3.8, 4) is 0 Å². The van der Waals surface area contributed by atoms with E-state index in [2.05, 4.69) is 40.2 Å². The molecule has 4 heteroatoms. The Kier molecular flexibility index (Phi) is 5.33.